The van der Waals surface area contributed by atoms with Crippen LogP contribution in [0.1, 0.15) is 11.1 Å². The summed E-state index contributed by atoms with van der Waals surface area (Å²) in [6.45, 7) is 1.14. The van der Waals surface area contributed by atoms with E-state index in [1.807, 2.05) is 24.3 Å². The van der Waals surface area contributed by atoms with E-state index in [0.717, 1.165) is 11.3 Å². The Kier molecular flexibility index (Phi) is 4.77. The quantitative estimate of drug-likeness (QED) is 0.899. The molecule has 19 heavy (non-hydrogen) atoms. The van der Waals surface area contributed by atoms with Crippen LogP contribution in [0.5, 0.6) is 5.75 Å². The van der Waals surface area contributed by atoms with E-state index in [-0.39, 0.29) is 5.82 Å². The second-order valence-electron chi connectivity index (χ2n) is 4.19. The van der Waals surface area contributed by atoms with Gasteiger partial charge in [-0.1, -0.05) is 29.8 Å². The van der Waals surface area contributed by atoms with E-state index in [9.17, 15) is 4.39 Å². The molecule has 4 heteroatoms. The Morgan fingerprint density at radius 3 is 2.47 bits per heavy atom. The van der Waals surface area contributed by atoms with Gasteiger partial charge in [0.15, 0.2) is 0 Å². The highest BCUT2D eigenvalue weighted by Gasteiger charge is 2.02. The molecule has 0 saturated heterocycles. The highest BCUT2D eigenvalue weighted by Crippen LogP contribution is 2.15. The van der Waals surface area contributed by atoms with Crippen molar-refractivity contribution in [1.82, 2.24) is 5.32 Å². The van der Waals surface area contributed by atoms with Gasteiger partial charge in [-0.25, -0.2) is 4.39 Å². The Labute approximate surface area is 117 Å². The van der Waals surface area contributed by atoms with E-state index >= 15 is 0 Å². The van der Waals surface area contributed by atoms with Crippen LogP contribution in [0.15, 0.2) is 42.5 Å². The van der Waals surface area contributed by atoms with Crippen molar-refractivity contribution < 1.29 is 9.13 Å². The smallest absolute Gasteiger partial charge is 0.129 e. The molecule has 0 spiro atoms. The molecule has 0 heterocycles. The minimum Gasteiger partial charge on any atom is -0.497 e. The van der Waals surface area contributed by atoms with Gasteiger partial charge in [0, 0.05) is 23.7 Å². The van der Waals surface area contributed by atoms with E-state index in [4.69, 9.17) is 16.3 Å². The Hall–Kier alpha value is -1.58. The van der Waals surface area contributed by atoms with Crippen LogP contribution in [0.25, 0.3) is 0 Å². The van der Waals surface area contributed by atoms with Gasteiger partial charge in [-0.3, -0.25) is 0 Å². The van der Waals surface area contributed by atoms with Gasteiger partial charge in [0.2, 0.25) is 0 Å². The summed E-state index contributed by atoms with van der Waals surface area (Å²) in [5, 5.41) is 3.61. The SMILES string of the molecule is COc1ccc(CNCc2ccc(Cl)cc2F)cc1. The van der Waals surface area contributed by atoms with Gasteiger partial charge in [-0.05, 0) is 29.8 Å². The van der Waals surface area contributed by atoms with Crippen LogP contribution in [0.4, 0.5) is 4.39 Å². The van der Waals surface area contributed by atoms with Gasteiger partial charge >= 0.3 is 0 Å². The number of methoxy groups -OCH3 is 1. The maximum Gasteiger partial charge on any atom is 0.129 e. The van der Waals surface area contributed by atoms with E-state index in [2.05, 4.69) is 5.32 Å². The molecule has 0 aliphatic heterocycles. The maximum atomic E-state index is 13.5. The van der Waals surface area contributed by atoms with Crippen molar-refractivity contribution in [1.29, 1.82) is 0 Å². The lowest BCUT2D eigenvalue weighted by Gasteiger charge is -2.07. The number of rotatable bonds is 5. The van der Waals surface area contributed by atoms with Crippen LogP contribution in [0.3, 0.4) is 0 Å². The minimum atomic E-state index is -0.283. The van der Waals surface area contributed by atoms with Crippen LogP contribution < -0.4 is 10.1 Å². The molecular weight excluding hydrogens is 265 g/mol. The van der Waals surface area contributed by atoms with Crippen molar-refractivity contribution in [2.75, 3.05) is 7.11 Å². The summed E-state index contributed by atoms with van der Waals surface area (Å²) in [7, 11) is 1.64. The fourth-order valence-corrected chi connectivity index (χ4v) is 1.91. The zero-order valence-corrected chi connectivity index (χ0v) is 11.4. The third-order valence-corrected chi connectivity index (χ3v) is 3.05. The minimum absolute atomic E-state index is 0.283. The molecule has 2 aromatic carbocycles. The Bertz CT molecular complexity index is 542. The number of benzene rings is 2. The molecule has 0 aliphatic rings. The molecule has 0 saturated carbocycles. The number of hydrogen-bond donors (Lipinski definition) is 1. The monoisotopic (exact) mass is 279 g/mol. The molecule has 0 atom stereocenters. The van der Waals surface area contributed by atoms with Gasteiger partial charge in [-0.15, -0.1) is 0 Å². The predicted molar refractivity (Wildman–Crippen MR) is 74.9 cm³/mol. The summed E-state index contributed by atoms with van der Waals surface area (Å²) in [6.07, 6.45) is 0. The maximum absolute atomic E-state index is 13.5. The molecule has 2 nitrogen and oxygen atoms in total. The van der Waals surface area contributed by atoms with Crippen molar-refractivity contribution in [3.8, 4) is 5.75 Å². The molecule has 0 aromatic heterocycles. The van der Waals surface area contributed by atoms with Crippen molar-refractivity contribution in [2.24, 2.45) is 0 Å². The lowest BCUT2D eigenvalue weighted by Crippen LogP contribution is -2.13. The standard InChI is InChI=1S/C15H15ClFNO/c1-19-14-6-2-11(3-7-14)9-18-10-12-4-5-13(16)8-15(12)17/h2-8,18H,9-10H2,1H3. The highest BCUT2D eigenvalue weighted by molar-refractivity contribution is 6.30. The van der Waals surface area contributed by atoms with Crippen LogP contribution in [0.2, 0.25) is 5.02 Å². The molecule has 2 rings (SSSR count). The first-order valence-electron chi connectivity index (χ1n) is 5.96. The second-order valence-corrected chi connectivity index (χ2v) is 4.62. The first-order valence-corrected chi connectivity index (χ1v) is 6.34. The topological polar surface area (TPSA) is 21.3 Å². The molecular formula is C15H15ClFNO. The average Bonchev–Trinajstić information content (AvgIpc) is 2.42. The number of ether oxygens (including phenoxy) is 1. The normalized spacial score (nSPS) is 10.5. The summed E-state index contributed by atoms with van der Waals surface area (Å²) in [6, 6.07) is 12.5. The summed E-state index contributed by atoms with van der Waals surface area (Å²) in [5.41, 5.74) is 1.73. The van der Waals surface area contributed by atoms with E-state index in [0.29, 0.717) is 23.7 Å². The fraction of sp³-hybridized carbons (Fsp3) is 0.200. The van der Waals surface area contributed by atoms with Crippen LogP contribution >= 0.6 is 11.6 Å². The molecule has 0 bridgehead atoms. The first-order chi connectivity index (χ1) is 9.19. The van der Waals surface area contributed by atoms with Crippen LogP contribution in [-0.4, -0.2) is 7.11 Å². The van der Waals surface area contributed by atoms with Crippen molar-refractivity contribution in [3.63, 3.8) is 0 Å². The number of halogens is 2. The molecule has 2 aromatic rings. The Balaban J connectivity index is 1.88. The molecule has 0 radical (unpaired) electrons. The molecule has 100 valence electrons. The molecule has 0 fully saturated rings. The van der Waals surface area contributed by atoms with E-state index < -0.39 is 0 Å². The average molecular weight is 280 g/mol. The number of nitrogens with one attached hydrogen (secondary N) is 1. The third-order valence-electron chi connectivity index (χ3n) is 2.82. The summed E-state index contributed by atoms with van der Waals surface area (Å²) in [5.74, 6) is 0.544. The van der Waals surface area contributed by atoms with Gasteiger partial charge in [0.05, 0.1) is 7.11 Å². The highest BCUT2D eigenvalue weighted by atomic mass is 35.5. The summed E-state index contributed by atoms with van der Waals surface area (Å²) in [4.78, 5) is 0. The third kappa shape index (κ3) is 3.94. The lowest BCUT2D eigenvalue weighted by molar-refractivity contribution is 0.414. The van der Waals surface area contributed by atoms with Crippen molar-refractivity contribution >= 4 is 11.6 Å². The van der Waals surface area contributed by atoms with Crippen LogP contribution in [0, 0.1) is 5.82 Å². The zero-order chi connectivity index (χ0) is 13.7. The van der Waals surface area contributed by atoms with Gasteiger partial charge < -0.3 is 10.1 Å². The summed E-state index contributed by atoms with van der Waals surface area (Å²) < 4.78 is 18.6. The van der Waals surface area contributed by atoms with Gasteiger partial charge in [-0.2, -0.15) is 0 Å². The lowest BCUT2D eigenvalue weighted by atomic mass is 10.2. The van der Waals surface area contributed by atoms with Gasteiger partial charge in [0.25, 0.3) is 0 Å². The van der Waals surface area contributed by atoms with E-state index in [1.165, 1.54) is 6.07 Å². The van der Waals surface area contributed by atoms with Crippen molar-refractivity contribution in [2.45, 2.75) is 13.1 Å². The van der Waals surface area contributed by atoms with Gasteiger partial charge in [0.1, 0.15) is 11.6 Å². The Morgan fingerprint density at radius 1 is 1.11 bits per heavy atom. The van der Waals surface area contributed by atoms with Crippen LogP contribution in [-0.2, 0) is 13.1 Å². The number of hydrogen-bond acceptors (Lipinski definition) is 2. The first kappa shape index (κ1) is 13.8. The molecule has 1 N–H and O–H groups in total. The Morgan fingerprint density at radius 2 is 1.84 bits per heavy atom. The molecule has 0 unspecified atom stereocenters. The summed E-state index contributed by atoms with van der Waals surface area (Å²) >= 11 is 5.70. The predicted octanol–water partition coefficient (Wildman–Crippen LogP) is 3.78. The largest absolute Gasteiger partial charge is 0.497 e. The zero-order valence-electron chi connectivity index (χ0n) is 10.6. The van der Waals surface area contributed by atoms with E-state index in [1.54, 1.807) is 19.2 Å². The van der Waals surface area contributed by atoms with Crippen molar-refractivity contribution in [3.05, 3.63) is 64.4 Å². The molecule has 0 aliphatic carbocycles. The molecule has 0 amide bonds. The second kappa shape index (κ2) is 6.55. The fourth-order valence-electron chi connectivity index (χ4n) is 1.75.